The summed E-state index contributed by atoms with van der Waals surface area (Å²) >= 11 is 7.62. The van der Waals surface area contributed by atoms with Gasteiger partial charge in [0.2, 0.25) is 0 Å². The molecule has 1 heterocycles. The van der Waals surface area contributed by atoms with Crippen molar-refractivity contribution in [3.63, 3.8) is 0 Å². The molecule has 0 aliphatic heterocycles. The van der Waals surface area contributed by atoms with Gasteiger partial charge in [-0.05, 0) is 67.5 Å². The standard InChI is InChI=1S/C16H24N2O4.C4H2ClIN2/c1-16(2,3)22-14(19)13(17)10-11-6-8-12(9-7-11)21-15(20)18(4)5;5-4-3(6)1-7-2-8-4/h6-9,13H,10,17H2,1-5H3;1-2H/t13-;/m0./s1. The lowest BCUT2D eigenvalue weighted by molar-refractivity contribution is -0.156. The van der Waals surface area contributed by atoms with Gasteiger partial charge < -0.3 is 20.1 Å². The van der Waals surface area contributed by atoms with Crippen LogP contribution in [0.5, 0.6) is 5.75 Å². The molecule has 10 heteroatoms. The Bertz CT molecular complexity index is 820. The molecule has 2 aromatic rings. The summed E-state index contributed by atoms with van der Waals surface area (Å²) in [6.07, 6.45) is 3.00. The molecule has 0 aliphatic carbocycles. The zero-order valence-electron chi connectivity index (χ0n) is 17.6. The highest BCUT2D eigenvalue weighted by molar-refractivity contribution is 14.1. The van der Waals surface area contributed by atoms with E-state index < -0.39 is 23.7 Å². The molecular formula is C20H26ClIN4O4. The molecule has 0 aliphatic rings. The second-order valence-corrected chi connectivity index (χ2v) is 8.93. The van der Waals surface area contributed by atoms with E-state index in [-0.39, 0.29) is 0 Å². The van der Waals surface area contributed by atoms with Gasteiger partial charge in [0.05, 0.1) is 3.57 Å². The van der Waals surface area contributed by atoms with Crippen LogP contribution < -0.4 is 10.5 Å². The smallest absolute Gasteiger partial charge is 0.414 e. The maximum atomic E-state index is 11.8. The summed E-state index contributed by atoms with van der Waals surface area (Å²) in [6.45, 7) is 5.39. The largest absolute Gasteiger partial charge is 0.459 e. The number of aromatic nitrogens is 2. The van der Waals surface area contributed by atoms with Crippen LogP contribution in [0.4, 0.5) is 4.79 Å². The Labute approximate surface area is 195 Å². The van der Waals surface area contributed by atoms with Crippen LogP contribution in [-0.4, -0.2) is 52.7 Å². The number of carbonyl (C=O) groups excluding carboxylic acids is 2. The van der Waals surface area contributed by atoms with Crippen molar-refractivity contribution < 1.29 is 19.1 Å². The molecule has 1 aromatic carbocycles. The van der Waals surface area contributed by atoms with Crippen LogP contribution >= 0.6 is 34.2 Å². The highest BCUT2D eigenvalue weighted by Gasteiger charge is 2.22. The average molecular weight is 549 g/mol. The van der Waals surface area contributed by atoms with Gasteiger partial charge in [0.15, 0.2) is 0 Å². The van der Waals surface area contributed by atoms with E-state index in [0.29, 0.717) is 17.3 Å². The predicted octanol–water partition coefficient (Wildman–Crippen LogP) is 3.69. The van der Waals surface area contributed by atoms with Gasteiger partial charge in [-0.2, -0.15) is 0 Å². The second-order valence-electron chi connectivity index (χ2n) is 7.41. The molecule has 30 heavy (non-hydrogen) atoms. The highest BCUT2D eigenvalue weighted by atomic mass is 127. The van der Waals surface area contributed by atoms with E-state index in [1.807, 2.05) is 0 Å². The van der Waals surface area contributed by atoms with Crippen molar-refractivity contribution in [2.24, 2.45) is 5.73 Å². The lowest BCUT2D eigenvalue weighted by Crippen LogP contribution is -2.38. The molecule has 0 fully saturated rings. The van der Waals surface area contributed by atoms with Gasteiger partial charge in [0.1, 0.15) is 28.9 Å². The van der Waals surface area contributed by atoms with E-state index >= 15 is 0 Å². The van der Waals surface area contributed by atoms with Crippen molar-refractivity contribution in [1.82, 2.24) is 14.9 Å². The summed E-state index contributed by atoms with van der Waals surface area (Å²) in [4.78, 5) is 32.1. The first-order valence-electron chi connectivity index (χ1n) is 8.96. The number of benzene rings is 1. The van der Waals surface area contributed by atoms with Crippen molar-refractivity contribution >= 4 is 46.3 Å². The minimum absolute atomic E-state index is 0.358. The number of nitrogens with zero attached hydrogens (tertiary/aromatic N) is 3. The van der Waals surface area contributed by atoms with Crippen LogP contribution in [0.3, 0.4) is 0 Å². The maximum Gasteiger partial charge on any atom is 0.414 e. The SMILES string of the molecule is CN(C)C(=O)Oc1ccc(C[C@H](N)C(=O)OC(C)(C)C)cc1.Clc1ncncc1I. The van der Waals surface area contributed by atoms with Crippen LogP contribution in [0.1, 0.15) is 26.3 Å². The third-order valence-electron chi connectivity index (χ3n) is 3.28. The minimum atomic E-state index is -0.727. The fourth-order valence-electron chi connectivity index (χ4n) is 1.90. The average Bonchev–Trinajstić information content (AvgIpc) is 2.64. The third kappa shape index (κ3) is 10.2. The van der Waals surface area contributed by atoms with Gasteiger partial charge >= 0.3 is 12.1 Å². The van der Waals surface area contributed by atoms with Crippen molar-refractivity contribution in [2.75, 3.05) is 14.1 Å². The number of nitrogens with two attached hydrogens (primary N) is 1. The summed E-state index contributed by atoms with van der Waals surface area (Å²) in [6, 6.07) is 6.14. The Hall–Kier alpha value is -1.98. The Morgan fingerprint density at radius 1 is 1.23 bits per heavy atom. The Morgan fingerprint density at radius 3 is 2.27 bits per heavy atom. The molecular weight excluding hydrogens is 523 g/mol. The number of rotatable bonds is 4. The number of hydrogen-bond acceptors (Lipinski definition) is 7. The monoisotopic (exact) mass is 548 g/mol. The molecule has 0 spiro atoms. The molecule has 0 bridgehead atoms. The second kappa shape index (κ2) is 12.0. The minimum Gasteiger partial charge on any atom is -0.459 e. The molecule has 0 saturated heterocycles. The number of hydrogen-bond donors (Lipinski definition) is 1. The molecule has 0 saturated carbocycles. The lowest BCUT2D eigenvalue weighted by atomic mass is 10.1. The van der Waals surface area contributed by atoms with Crippen molar-refractivity contribution in [3.8, 4) is 5.75 Å². The zero-order chi connectivity index (χ0) is 22.9. The number of carbonyl (C=O) groups is 2. The zero-order valence-corrected chi connectivity index (χ0v) is 20.5. The van der Waals surface area contributed by atoms with Gasteiger partial charge in [0.25, 0.3) is 0 Å². The number of amides is 1. The molecule has 164 valence electrons. The molecule has 1 aromatic heterocycles. The lowest BCUT2D eigenvalue weighted by Gasteiger charge is -2.22. The van der Waals surface area contributed by atoms with E-state index in [0.717, 1.165) is 9.13 Å². The molecule has 2 N–H and O–H groups in total. The summed E-state index contributed by atoms with van der Waals surface area (Å²) in [5.74, 6) is 0.00361. The fourth-order valence-corrected chi connectivity index (χ4v) is 2.29. The van der Waals surface area contributed by atoms with Crippen LogP contribution in [0.2, 0.25) is 5.15 Å². The van der Waals surface area contributed by atoms with Crippen molar-refractivity contribution in [2.45, 2.75) is 38.8 Å². The molecule has 1 atom stereocenters. The first kappa shape index (κ1) is 26.1. The van der Waals surface area contributed by atoms with Crippen molar-refractivity contribution in [1.29, 1.82) is 0 Å². The summed E-state index contributed by atoms with van der Waals surface area (Å²) in [5, 5.41) is 0.514. The fraction of sp³-hybridized carbons (Fsp3) is 0.400. The van der Waals surface area contributed by atoms with E-state index in [1.54, 1.807) is 65.3 Å². The van der Waals surface area contributed by atoms with E-state index in [4.69, 9.17) is 26.8 Å². The van der Waals surface area contributed by atoms with E-state index in [1.165, 1.54) is 11.2 Å². The molecule has 1 amide bonds. The third-order valence-corrected chi connectivity index (χ3v) is 4.69. The predicted molar refractivity (Wildman–Crippen MR) is 123 cm³/mol. The van der Waals surface area contributed by atoms with Crippen LogP contribution in [0, 0.1) is 3.57 Å². The Morgan fingerprint density at radius 2 is 1.83 bits per heavy atom. The first-order valence-corrected chi connectivity index (χ1v) is 10.4. The van der Waals surface area contributed by atoms with Gasteiger partial charge in [-0.1, -0.05) is 23.7 Å². The summed E-state index contributed by atoms with van der Waals surface area (Å²) in [7, 11) is 3.22. The van der Waals surface area contributed by atoms with Crippen LogP contribution in [0.25, 0.3) is 0 Å². The van der Waals surface area contributed by atoms with Gasteiger partial charge in [0, 0.05) is 20.3 Å². The number of ether oxygens (including phenoxy) is 2. The number of esters is 1. The van der Waals surface area contributed by atoms with Crippen LogP contribution in [-0.2, 0) is 16.0 Å². The molecule has 0 unspecified atom stereocenters. The molecule has 0 radical (unpaired) electrons. The summed E-state index contributed by atoms with van der Waals surface area (Å²) < 4.78 is 11.2. The number of halogens is 2. The topological polar surface area (TPSA) is 108 Å². The quantitative estimate of drug-likeness (QED) is 0.353. The maximum absolute atomic E-state index is 11.8. The van der Waals surface area contributed by atoms with Crippen LogP contribution in [0.15, 0.2) is 36.8 Å². The van der Waals surface area contributed by atoms with E-state index in [2.05, 4.69) is 32.6 Å². The Kier molecular flexibility index (Phi) is 10.4. The normalized spacial score (nSPS) is 11.6. The molecule has 8 nitrogen and oxygen atoms in total. The highest BCUT2D eigenvalue weighted by Crippen LogP contribution is 2.15. The van der Waals surface area contributed by atoms with Gasteiger partial charge in [-0.3, -0.25) is 4.79 Å². The van der Waals surface area contributed by atoms with Crippen molar-refractivity contribution in [3.05, 3.63) is 51.1 Å². The first-order chi connectivity index (χ1) is 13.9. The van der Waals surface area contributed by atoms with Gasteiger partial charge in [-0.25, -0.2) is 14.8 Å². The van der Waals surface area contributed by atoms with E-state index in [9.17, 15) is 9.59 Å². The summed E-state index contributed by atoms with van der Waals surface area (Å²) in [5.41, 5.74) is 6.16. The van der Waals surface area contributed by atoms with Gasteiger partial charge in [-0.15, -0.1) is 0 Å². The Balaban J connectivity index is 0.000000467. The molecule has 2 rings (SSSR count).